The monoisotopic (exact) mass is 305 g/mol. The van der Waals surface area contributed by atoms with Crippen molar-refractivity contribution in [1.82, 2.24) is 5.32 Å². The molecule has 0 aliphatic rings. The fourth-order valence-corrected chi connectivity index (χ4v) is 2.24. The highest BCUT2D eigenvalue weighted by atomic mass is 32.2. The van der Waals surface area contributed by atoms with Crippen LogP contribution in [-0.4, -0.2) is 11.8 Å². The molecule has 2 rings (SSSR count). The third-order valence-corrected chi connectivity index (χ3v) is 3.81. The van der Waals surface area contributed by atoms with E-state index in [0.717, 1.165) is 17.1 Å². The Bertz CT molecular complexity index is 555. The molecule has 0 aliphatic carbocycles. The molecule has 3 nitrogen and oxygen atoms in total. The molecule has 0 saturated heterocycles. The molecule has 0 saturated carbocycles. The summed E-state index contributed by atoms with van der Waals surface area (Å²) in [5.74, 6) is 1.81. The number of rotatable bonds is 6. The van der Waals surface area contributed by atoms with E-state index in [2.05, 4.69) is 44.5 Å². The minimum Gasteiger partial charge on any atom is -0.489 e. The van der Waals surface area contributed by atoms with E-state index in [1.807, 2.05) is 18.2 Å². The lowest BCUT2D eigenvalue weighted by molar-refractivity contribution is 0.299. The molecule has 114 valence electrons. The van der Waals surface area contributed by atoms with Crippen molar-refractivity contribution in [3.8, 4) is 5.75 Å². The Morgan fingerprint density at radius 1 is 1.14 bits per heavy atom. The standard InChI is InChI=1S/C17H23NO2S/c1-17(2,3)18-11-16-13(9-10-19-16)12-20-14-5-7-15(21-4)8-6-14/h5-10,18H,11-12H2,1-4H3. The molecule has 0 spiro atoms. The summed E-state index contributed by atoms with van der Waals surface area (Å²) in [4.78, 5) is 1.24. The van der Waals surface area contributed by atoms with Crippen molar-refractivity contribution in [3.63, 3.8) is 0 Å². The lowest BCUT2D eigenvalue weighted by Crippen LogP contribution is -2.35. The molecule has 0 fully saturated rings. The van der Waals surface area contributed by atoms with Gasteiger partial charge in [0.15, 0.2) is 0 Å². The van der Waals surface area contributed by atoms with E-state index in [1.165, 1.54) is 4.90 Å². The summed E-state index contributed by atoms with van der Waals surface area (Å²) in [6.07, 6.45) is 3.78. The maximum Gasteiger partial charge on any atom is 0.124 e. The van der Waals surface area contributed by atoms with Gasteiger partial charge in [0, 0.05) is 16.0 Å². The van der Waals surface area contributed by atoms with Gasteiger partial charge in [0.25, 0.3) is 0 Å². The Labute approximate surface area is 131 Å². The Hall–Kier alpha value is -1.39. The van der Waals surface area contributed by atoms with Crippen LogP contribution in [0.15, 0.2) is 45.9 Å². The van der Waals surface area contributed by atoms with Crippen LogP contribution in [0.25, 0.3) is 0 Å². The van der Waals surface area contributed by atoms with E-state index in [9.17, 15) is 0 Å². The SMILES string of the molecule is CSc1ccc(OCc2ccoc2CNC(C)(C)C)cc1. The van der Waals surface area contributed by atoms with Crippen molar-refractivity contribution in [2.75, 3.05) is 6.26 Å². The Kier molecular flexibility index (Phi) is 5.37. The van der Waals surface area contributed by atoms with E-state index in [1.54, 1.807) is 18.0 Å². The van der Waals surface area contributed by atoms with Gasteiger partial charge in [-0.1, -0.05) is 0 Å². The maximum absolute atomic E-state index is 5.83. The first-order valence-corrected chi connectivity index (χ1v) is 8.27. The van der Waals surface area contributed by atoms with Crippen molar-refractivity contribution in [2.45, 2.75) is 44.4 Å². The summed E-state index contributed by atoms with van der Waals surface area (Å²) < 4.78 is 11.4. The average molecular weight is 305 g/mol. The topological polar surface area (TPSA) is 34.4 Å². The van der Waals surface area contributed by atoms with Crippen LogP contribution in [0.5, 0.6) is 5.75 Å². The summed E-state index contributed by atoms with van der Waals surface area (Å²) in [6, 6.07) is 10.1. The predicted octanol–water partition coefficient (Wildman–Crippen LogP) is 4.47. The first kappa shape index (κ1) is 16.0. The van der Waals surface area contributed by atoms with Crippen molar-refractivity contribution >= 4 is 11.8 Å². The van der Waals surface area contributed by atoms with E-state index >= 15 is 0 Å². The minimum absolute atomic E-state index is 0.0680. The number of benzene rings is 1. The summed E-state index contributed by atoms with van der Waals surface area (Å²) in [6.45, 7) is 7.65. The van der Waals surface area contributed by atoms with Gasteiger partial charge in [-0.3, -0.25) is 0 Å². The van der Waals surface area contributed by atoms with Crippen molar-refractivity contribution in [3.05, 3.63) is 47.9 Å². The smallest absolute Gasteiger partial charge is 0.124 e. The van der Waals surface area contributed by atoms with Crippen LogP contribution in [0.4, 0.5) is 0 Å². The highest BCUT2D eigenvalue weighted by molar-refractivity contribution is 7.98. The summed E-state index contributed by atoms with van der Waals surface area (Å²) in [7, 11) is 0. The number of furan rings is 1. The zero-order valence-corrected chi connectivity index (χ0v) is 13.9. The molecule has 1 heterocycles. The molecular weight excluding hydrogens is 282 g/mol. The molecule has 4 heteroatoms. The van der Waals surface area contributed by atoms with Gasteiger partial charge in [-0.25, -0.2) is 0 Å². The molecule has 0 atom stereocenters. The van der Waals surface area contributed by atoms with Crippen LogP contribution in [0.2, 0.25) is 0 Å². The quantitative estimate of drug-likeness (QED) is 0.799. The van der Waals surface area contributed by atoms with Gasteiger partial charge in [0.1, 0.15) is 18.1 Å². The van der Waals surface area contributed by atoms with Crippen molar-refractivity contribution in [1.29, 1.82) is 0 Å². The predicted molar refractivity (Wildman–Crippen MR) is 87.9 cm³/mol. The van der Waals surface area contributed by atoms with Crippen molar-refractivity contribution in [2.24, 2.45) is 0 Å². The second-order valence-corrected chi connectivity index (χ2v) is 6.82. The zero-order valence-electron chi connectivity index (χ0n) is 13.1. The van der Waals surface area contributed by atoms with E-state index in [-0.39, 0.29) is 5.54 Å². The second-order valence-electron chi connectivity index (χ2n) is 5.94. The highest BCUT2D eigenvalue weighted by Gasteiger charge is 2.12. The number of ether oxygens (including phenoxy) is 1. The normalized spacial score (nSPS) is 11.6. The van der Waals surface area contributed by atoms with Gasteiger partial charge in [0.05, 0.1) is 12.8 Å². The Balaban J connectivity index is 1.92. The molecule has 0 aliphatic heterocycles. The van der Waals surface area contributed by atoms with Gasteiger partial charge >= 0.3 is 0 Å². The largest absolute Gasteiger partial charge is 0.489 e. The number of thioether (sulfide) groups is 1. The highest BCUT2D eigenvalue weighted by Crippen LogP contribution is 2.21. The minimum atomic E-state index is 0.0680. The van der Waals surface area contributed by atoms with Crippen LogP contribution in [0.3, 0.4) is 0 Å². The number of hydrogen-bond acceptors (Lipinski definition) is 4. The molecule has 0 unspecified atom stereocenters. The fraction of sp³-hybridized carbons (Fsp3) is 0.412. The molecule has 21 heavy (non-hydrogen) atoms. The first-order chi connectivity index (χ1) is 9.98. The van der Waals surface area contributed by atoms with Crippen LogP contribution in [0, 0.1) is 0 Å². The average Bonchev–Trinajstić information content (AvgIpc) is 2.90. The van der Waals surface area contributed by atoms with Gasteiger partial charge in [-0.2, -0.15) is 0 Å². The number of hydrogen-bond donors (Lipinski definition) is 1. The van der Waals surface area contributed by atoms with Gasteiger partial charge < -0.3 is 14.5 Å². The molecule has 1 N–H and O–H groups in total. The third kappa shape index (κ3) is 5.14. The molecule has 0 amide bonds. The van der Waals surface area contributed by atoms with Gasteiger partial charge in [-0.15, -0.1) is 11.8 Å². The van der Waals surface area contributed by atoms with E-state index in [0.29, 0.717) is 13.2 Å². The molecule has 2 aromatic rings. The Morgan fingerprint density at radius 2 is 1.86 bits per heavy atom. The van der Waals surface area contributed by atoms with Crippen LogP contribution in [-0.2, 0) is 13.2 Å². The zero-order chi connectivity index (χ0) is 15.3. The van der Waals surface area contributed by atoms with Crippen LogP contribution < -0.4 is 10.1 Å². The second kappa shape index (κ2) is 7.05. The molecule has 0 bridgehead atoms. The summed E-state index contributed by atoms with van der Waals surface area (Å²) in [5, 5.41) is 3.43. The Morgan fingerprint density at radius 3 is 2.48 bits per heavy atom. The summed E-state index contributed by atoms with van der Waals surface area (Å²) >= 11 is 1.73. The van der Waals surface area contributed by atoms with E-state index < -0.39 is 0 Å². The lowest BCUT2D eigenvalue weighted by Gasteiger charge is -2.20. The molecule has 1 aromatic heterocycles. The van der Waals surface area contributed by atoms with Gasteiger partial charge in [0.2, 0.25) is 0 Å². The lowest BCUT2D eigenvalue weighted by atomic mass is 10.1. The molecule has 1 aromatic carbocycles. The van der Waals surface area contributed by atoms with Gasteiger partial charge in [-0.05, 0) is 57.4 Å². The first-order valence-electron chi connectivity index (χ1n) is 7.05. The van der Waals surface area contributed by atoms with E-state index in [4.69, 9.17) is 9.15 Å². The molecular formula is C17H23NO2S. The maximum atomic E-state index is 5.83. The molecule has 0 radical (unpaired) electrons. The number of nitrogens with one attached hydrogen (secondary N) is 1. The van der Waals surface area contributed by atoms with Crippen LogP contribution >= 0.6 is 11.8 Å². The third-order valence-electron chi connectivity index (χ3n) is 3.07. The van der Waals surface area contributed by atoms with Crippen molar-refractivity contribution < 1.29 is 9.15 Å². The fourth-order valence-electron chi connectivity index (χ4n) is 1.83. The summed E-state index contributed by atoms with van der Waals surface area (Å²) in [5.41, 5.74) is 1.15. The van der Waals surface area contributed by atoms with Crippen LogP contribution in [0.1, 0.15) is 32.1 Å².